The Labute approximate surface area is 248 Å². The second-order valence-corrected chi connectivity index (χ2v) is 11.8. The van der Waals surface area contributed by atoms with E-state index in [1.807, 2.05) is 0 Å². The van der Waals surface area contributed by atoms with Gasteiger partial charge in [-0.25, -0.2) is 17.8 Å². The van der Waals surface area contributed by atoms with Gasteiger partial charge in [0.15, 0.2) is 21.5 Å². The number of rotatable bonds is 15. The minimum atomic E-state index is -3.85. The number of carbonyl (C=O) groups excluding carboxylic acids is 1. The van der Waals surface area contributed by atoms with Gasteiger partial charge in [0.25, 0.3) is 5.91 Å². The lowest BCUT2D eigenvalue weighted by Crippen LogP contribution is -2.50. The van der Waals surface area contributed by atoms with Crippen LogP contribution >= 0.6 is 0 Å². The minimum absolute atomic E-state index is 0.00217. The molecule has 0 aliphatic carbocycles. The maximum atomic E-state index is 13.9. The van der Waals surface area contributed by atoms with Gasteiger partial charge < -0.3 is 19.9 Å². The van der Waals surface area contributed by atoms with Gasteiger partial charge in [0, 0.05) is 36.5 Å². The fraction of sp³-hybridized carbons (Fsp3) is 0.333. The molecule has 1 amide bonds. The molecule has 226 valence electrons. The Bertz CT molecular complexity index is 1580. The summed E-state index contributed by atoms with van der Waals surface area (Å²) >= 11 is 0. The normalized spacial score (nSPS) is 17.8. The number of sulfone groups is 1. The summed E-state index contributed by atoms with van der Waals surface area (Å²) in [4.78, 5) is 21.6. The van der Waals surface area contributed by atoms with Crippen LogP contribution in [-0.2, 0) is 25.9 Å². The molecule has 1 aliphatic heterocycles. The van der Waals surface area contributed by atoms with Gasteiger partial charge in [0.05, 0.1) is 23.8 Å². The third-order valence-electron chi connectivity index (χ3n) is 6.91. The zero-order valence-corrected chi connectivity index (χ0v) is 24.1. The highest BCUT2D eigenvalue weighted by Gasteiger charge is 2.54. The van der Waals surface area contributed by atoms with Crippen LogP contribution in [0.25, 0.3) is 10.4 Å². The van der Waals surface area contributed by atoms with Crippen molar-refractivity contribution in [2.45, 2.75) is 35.9 Å². The summed E-state index contributed by atoms with van der Waals surface area (Å²) in [5.41, 5.74) is 8.67. The number of amides is 1. The van der Waals surface area contributed by atoms with E-state index in [1.54, 1.807) is 66.7 Å². The van der Waals surface area contributed by atoms with Gasteiger partial charge in [-0.2, -0.15) is 0 Å². The van der Waals surface area contributed by atoms with Gasteiger partial charge in [0.2, 0.25) is 5.90 Å². The molecular weight excluding hydrogens is 577 g/mol. The lowest BCUT2D eigenvalue weighted by molar-refractivity contribution is -0.129. The number of halogens is 1. The van der Waals surface area contributed by atoms with Crippen LogP contribution < -0.4 is 10.1 Å². The van der Waals surface area contributed by atoms with Crippen LogP contribution in [-0.4, -0.2) is 63.1 Å². The summed E-state index contributed by atoms with van der Waals surface area (Å²) in [6.45, 7) is -0.865. The molecule has 0 saturated heterocycles. The fourth-order valence-corrected chi connectivity index (χ4v) is 6.13. The van der Waals surface area contributed by atoms with E-state index < -0.39 is 39.8 Å². The average molecular weight is 610 g/mol. The van der Waals surface area contributed by atoms with E-state index in [2.05, 4.69) is 15.3 Å². The van der Waals surface area contributed by atoms with Crippen molar-refractivity contribution in [3.05, 3.63) is 106 Å². The van der Waals surface area contributed by atoms with E-state index in [9.17, 15) is 17.6 Å². The zero-order valence-electron chi connectivity index (χ0n) is 23.3. The molecule has 3 aromatic rings. The van der Waals surface area contributed by atoms with Crippen molar-refractivity contribution in [1.29, 1.82) is 0 Å². The summed E-state index contributed by atoms with van der Waals surface area (Å²) in [5, 5.41) is 15.2. The Kier molecular flexibility index (Phi) is 10.7. The summed E-state index contributed by atoms with van der Waals surface area (Å²) in [6.07, 6.45) is -0.940. The standard InChI is InChI=1S/C30H32FN5O6S/c31-16-17-33-29(38)30(15-20-43(39,40)25-8-2-1-3-9-25)27(26-10-5-4-7-23(26)21-34-36-32)42-28(35-30)22-11-13-24(14-12-22)41-19-6-18-37/h1-5,7-14,27,37H,6,15-21H2,(H,33,38)/t27-,30-/m1/s1. The molecule has 11 nitrogen and oxygen atoms in total. The van der Waals surface area contributed by atoms with Gasteiger partial charge in [-0.15, -0.1) is 0 Å². The number of nitrogens with zero attached hydrogens (tertiary/aromatic N) is 4. The number of hydrogen-bond donors (Lipinski definition) is 2. The molecular formula is C30H32FN5O6S. The third kappa shape index (κ3) is 7.50. The first-order valence-electron chi connectivity index (χ1n) is 13.7. The summed E-state index contributed by atoms with van der Waals surface area (Å²) in [5.74, 6) is -0.519. The van der Waals surface area contributed by atoms with Crippen molar-refractivity contribution < 1.29 is 32.2 Å². The molecule has 0 saturated carbocycles. The largest absolute Gasteiger partial charge is 0.494 e. The van der Waals surface area contributed by atoms with E-state index in [0.29, 0.717) is 35.5 Å². The second-order valence-electron chi connectivity index (χ2n) is 9.70. The van der Waals surface area contributed by atoms with Gasteiger partial charge in [-0.05, 0) is 53.1 Å². The first kappa shape index (κ1) is 31.5. The lowest BCUT2D eigenvalue weighted by Gasteiger charge is -2.31. The molecule has 2 N–H and O–H groups in total. The highest BCUT2D eigenvalue weighted by molar-refractivity contribution is 7.91. The molecule has 1 aliphatic rings. The first-order valence-corrected chi connectivity index (χ1v) is 15.3. The molecule has 1 heterocycles. The molecule has 3 aromatic carbocycles. The minimum Gasteiger partial charge on any atom is -0.494 e. The topological polar surface area (TPSA) is 163 Å². The molecule has 4 rings (SSSR count). The fourth-order valence-electron chi connectivity index (χ4n) is 4.74. The van der Waals surface area contributed by atoms with Gasteiger partial charge in [0.1, 0.15) is 12.4 Å². The van der Waals surface area contributed by atoms with Crippen LogP contribution in [0.5, 0.6) is 5.75 Å². The number of azide groups is 1. The maximum Gasteiger partial charge on any atom is 0.252 e. The summed E-state index contributed by atoms with van der Waals surface area (Å²) < 4.78 is 51.9. The molecule has 0 radical (unpaired) electrons. The third-order valence-corrected chi connectivity index (χ3v) is 8.64. The first-order chi connectivity index (χ1) is 20.8. The van der Waals surface area contributed by atoms with E-state index in [4.69, 9.17) is 25.1 Å². The Morgan fingerprint density at radius 1 is 1.12 bits per heavy atom. The van der Waals surface area contributed by atoms with E-state index in [0.717, 1.165) is 0 Å². The quantitative estimate of drug-likeness (QED) is 0.112. The molecule has 13 heteroatoms. The second kappa shape index (κ2) is 14.6. The van der Waals surface area contributed by atoms with E-state index in [-0.39, 0.29) is 36.9 Å². The molecule has 43 heavy (non-hydrogen) atoms. The van der Waals surface area contributed by atoms with Crippen molar-refractivity contribution >= 4 is 21.6 Å². The van der Waals surface area contributed by atoms with Crippen LogP contribution in [0.2, 0.25) is 0 Å². The molecule has 0 unspecified atom stereocenters. The van der Waals surface area contributed by atoms with Crippen molar-refractivity contribution in [2.24, 2.45) is 10.1 Å². The van der Waals surface area contributed by atoms with Crippen LogP contribution in [0.1, 0.15) is 35.6 Å². The van der Waals surface area contributed by atoms with Gasteiger partial charge in [-0.1, -0.05) is 47.6 Å². The number of aliphatic hydroxyl groups is 1. The number of benzene rings is 3. The molecule has 0 bridgehead atoms. The smallest absolute Gasteiger partial charge is 0.252 e. The van der Waals surface area contributed by atoms with Crippen LogP contribution in [0.4, 0.5) is 4.39 Å². The Morgan fingerprint density at radius 2 is 1.84 bits per heavy atom. The Balaban J connectivity index is 1.80. The molecule has 0 aromatic heterocycles. The number of hydrogen-bond acceptors (Lipinski definition) is 8. The predicted molar refractivity (Wildman–Crippen MR) is 158 cm³/mol. The Morgan fingerprint density at radius 3 is 2.53 bits per heavy atom. The van der Waals surface area contributed by atoms with Gasteiger partial charge in [-0.3, -0.25) is 4.79 Å². The molecule has 0 fully saturated rings. The number of carbonyl (C=O) groups is 1. The molecule has 0 spiro atoms. The van der Waals surface area contributed by atoms with Crippen LogP contribution in [0, 0.1) is 0 Å². The highest BCUT2D eigenvalue weighted by Crippen LogP contribution is 2.44. The summed E-state index contributed by atoms with van der Waals surface area (Å²) in [6, 6.07) is 21.5. The van der Waals surface area contributed by atoms with Crippen molar-refractivity contribution in [2.75, 3.05) is 32.2 Å². The van der Waals surface area contributed by atoms with E-state index >= 15 is 0 Å². The van der Waals surface area contributed by atoms with Crippen molar-refractivity contribution in [3.63, 3.8) is 0 Å². The monoisotopic (exact) mass is 609 g/mol. The highest BCUT2D eigenvalue weighted by atomic mass is 32.2. The number of ether oxygens (including phenoxy) is 2. The Hall–Kier alpha value is -4.45. The van der Waals surface area contributed by atoms with E-state index in [1.165, 1.54) is 12.1 Å². The number of aliphatic hydroxyl groups excluding tert-OH is 1. The number of nitrogens with one attached hydrogen (secondary N) is 1. The van der Waals surface area contributed by atoms with Crippen LogP contribution in [0.15, 0.2) is 93.9 Å². The van der Waals surface area contributed by atoms with Gasteiger partial charge >= 0.3 is 0 Å². The predicted octanol–water partition coefficient (Wildman–Crippen LogP) is 4.46. The molecule has 2 atom stereocenters. The maximum absolute atomic E-state index is 13.9. The lowest BCUT2D eigenvalue weighted by atomic mass is 9.83. The van der Waals surface area contributed by atoms with Crippen molar-refractivity contribution in [1.82, 2.24) is 5.32 Å². The SMILES string of the molecule is [N-]=[N+]=NCc1ccccc1[C@H]1OC(c2ccc(OCCCO)cc2)=N[C@@]1(CCS(=O)(=O)c1ccccc1)C(=O)NCCF. The average Bonchev–Trinajstić information content (AvgIpc) is 3.43. The summed E-state index contributed by atoms with van der Waals surface area (Å²) in [7, 11) is -3.85. The van der Waals surface area contributed by atoms with Crippen molar-refractivity contribution in [3.8, 4) is 5.75 Å². The van der Waals surface area contributed by atoms with Crippen LogP contribution in [0.3, 0.4) is 0 Å². The number of alkyl halides is 1. The number of aliphatic imine (C=N–C) groups is 1. The zero-order chi connectivity index (χ0) is 30.7.